The van der Waals surface area contributed by atoms with Crippen molar-refractivity contribution in [2.75, 3.05) is 6.61 Å². The van der Waals surface area contributed by atoms with E-state index in [2.05, 4.69) is 4.98 Å². The van der Waals surface area contributed by atoms with Crippen LogP contribution in [0.3, 0.4) is 0 Å². The Morgan fingerprint density at radius 2 is 2.00 bits per heavy atom. The van der Waals surface area contributed by atoms with Crippen LogP contribution in [0.25, 0.3) is 11.1 Å². The molecule has 0 saturated carbocycles. The number of nitro groups is 1. The molecule has 1 saturated heterocycles. The van der Waals surface area contributed by atoms with Crippen molar-refractivity contribution in [1.82, 2.24) is 9.55 Å². The number of nitro benzene ring substituents is 1. The Hall–Kier alpha value is -2.82. The molecule has 1 aliphatic rings. The number of nitrogens with zero attached hydrogens (tertiary/aromatic N) is 2. The van der Waals surface area contributed by atoms with E-state index in [1.807, 2.05) is 0 Å². The van der Waals surface area contributed by atoms with E-state index in [0.29, 0.717) is 5.56 Å². The molecule has 1 aliphatic heterocycles. The van der Waals surface area contributed by atoms with E-state index < -0.39 is 41.2 Å². The molecule has 3 rings (SSSR count). The monoisotopic (exact) mass is 349 g/mol. The van der Waals surface area contributed by atoms with E-state index in [4.69, 9.17) is 9.84 Å². The van der Waals surface area contributed by atoms with Gasteiger partial charge in [0.1, 0.15) is 12.3 Å². The second kappa shape index (κ2) is 6.59. The number of aliphatic hydroxyl groups excluding tert-OH is 2. The Kier molecular flexibility index (Phi) is 4.49. The molecule has 3 atom stereocenters. The van der Waals surface area contributed by atoms with Crippen molar-refractivity contribution < 1.29 is 19.9 Å². The number of non-ortho nitro benzene ring substituents is 1. The molecule has 2 heterocycles. The molecule has 132 valence electrons. The summed E-state index contributed by atoms with van der Waals surface area (Å²) in [5.74, 6) is 0. The summed E-state index contributed by atoms with van der Waals surface area (Å²) >= 11 is 0. The Bertz CT molecular complexity index is 903. The van der Waals surface area contributed by atoms with E-state index in [-0.39, 0.29) is 17.7 Å². The summed E-state index contributed by atoms with van der Waals surface area (Å²) in [5, 5.41) is 29.6. The zero-order chi connectivity index (χ0) is 18.1. The Morgan fingerprint density at radius 1 is 1.32 bits per heavy atom. The number of H-pyrrole nitrogens is 1. The number of aromatic amines is 1. The molecule has 10 nitrogen and oxygen atoms in total. The Labute approximate surface area is 140 Å². The number of ether oxygens (including phenoxy) is 1. The van der Waals surface area contributed by atoms with Gasteiger partial charge in [0.05, 0.1) is 23.2 Å². The first kappa shape index (κ1) is 17.0. The molecule has 1 aromatic carbocycles. The predicted octanol–water partition coefficient (Wildman–Crippen LogP) is -0.248. The van der Waals surface area contributed by atoms with Crippen molar-refractivity contribution in [3.05, 3.63) is 61.4 Å². The average Bonchev–Trinajstić information content (AvgIpc) is 2.95. The lowest BCUT2D eigenvalue weighted by Crippen LogP contribution is -2.33. The molecule has 1 aromatic heterocycles. The fourth-order valence-electron chi connectivity index (χ4n) is 2.72. The van der Waals surface area contributed by atoms with Gasteiger partial charge >= 0.3 is 5.69 Å². The minimum absolute atomic E-state index is 0.0802. The lowest BCUT2D eigenvalue weighted by atomic mass is 10.1. The van der Waals surface area contributed by atoms with Crippen LogP contribution >= 0.6 is 0 Å². The molecule has 0 bridgehead atoms. The minimum Gasteiger partial charge on any atom is -0.394 e. The second-order valence-corrected chi connectivity index (χ2v) is 5.63. The van der Waals surface area contributed by atoms with Crippen LogP contribution in [0, 0.1) is 10.1 Å². The van der Waals surface area contributed by atoms with Crippen molar-refractivity contribution >= 4 is 5.69 Å². The summed E-state index contributed by atoms with van der Waals surface area (Å²) in [7, 11) is 0. The van der Waals surface area contributed by atoms with Crippen LogP contribution in [-0.4, -0.2) is 43.5 Å². The highest BCUT2D eigenvalue weighted by Gasteiger charge is 2.35. The minimum atomic E-state index is -0.934. The molecule has 10 heteroatoms. The van der Waals surface area contributed by atoms with Gasteiger partial charge in [0.2, 0.25) is 0 Å². The van der Waals surface area contributed by atoms with Crippen LogP contribution < -0.4 is 11.2 Å². The van der Waals surface area contributed by atoms with Gasteiger partial charge in [-0.3, -0.25) is 24.5 Å². The van der Waals surface area contributed by atoms with Crippen molar-refractivity contribution in [2.24, 2.45) is 0 Å². The zero-order valence-corrected chi connectivity index (χ0v) is 12.9. The van der Waals surface area contributed by atoms with E-state index in [1.165, 1.54) is 30.5 Å². The second-order valence-electron chi connectivity index (χ2n) is 5.63. The van der Waals surface area contributed by atoms with Crippen LogP contribution in [-0.2, 0) is 4.74 Å². The summed E-state index contributed by atoms with van der Waals surface area (Å²) in [5.41, 5.74) is -0.974. The molecule has 0 amide bonds. The fraction of sp³-hybridized carbons (Fsp3) is 0.333. The van der Waals surface area contributed by atoms with Crippen molar-refractivity contribution in [3.63, 3.8) is 0 Å². The molecule has 3 N–H and O–H groups in total. The summed E-state index contributed by atoms with van der Waals surface area (Å²) < 4.78 is 6.54. The SMILES string of the molecule is O=c1[nH]c(=O)n([C@H]2C[C@H](O)[C@@H](CO)O2)cc1-c1ccc([N+](=O)[O-])cc1. The van der Waals surface area contributed by atoms with E-state index in [9.17, 15) is 24.8 Å². The largest absolute Gasteiger partial charge is 0.394 e. The highest BCUT2D eigenvalue weighted by atomic mass is 16.6. The van der Waals surface area contributed by atoms with Gasteiger partial charge in [-0.25, -0.2) is 4.79 Å². The zero-order valence-electron chi connectivity index (χ0n) is 12.9. The van der Waals surface area contributed by atoms with Gasteiger partial charge in [-0.15, -0.1) is 0 Å². The van der Waals surface area contributed by atoms with Crippen LogP contribution in [0.4, 0.5) is 5.69 Å². The van der Waals surface area contributed by atoms with Crippen LogP contribution in [0.5, 0.6) is 0 Å². The highest BCUT2D eigenvalue weighted by molar-refractivity contribution is 5.62. The molecule has 25 heavy (non-hydrogen) atoms. The molecule has 0 aliphatic carbocycles. The van der Waals surface area contributed by atoms with E-state index in [0.717, 1.165) is 4.57 Å². The van der Waals surface area contributed by atoms with Crippen molar-refractivity contribution in [3.8, 4) is 11.1 Å². The number of hydrogen-bond donors (Lipinski definition) is 3. The summed E-state index contributed by atoms with van der Waals surface area (Å²) in [6, 6.07) is 5.31. The topological polar surface area (TPSA) is 148 Å². The third kappa shape index (κ3) is 3.22. The standard InChI is InChI=1S/C15H15N3O7/c19-7-12-11(20)5-13(25-12)17-6-10(14(21)16-15(17)22)8-1-3-9(4-2-8)18(23)24/h1-4,6,11-13,19-20H,5,7H2,(H,16,21,22)/t11-,12+,13+/m0/s1. The lowest BCUT2D eigenvalue weighted by Gasteiger charge is -2.15. The van der Waals surface area contributed by atoms with Gasteiger partial charge in [0.15, 0.2) is 0 Å². The number of aliphatic hydroxyl groups is 2. The van der Waals surface area contributed by atoms with E-state index in [1.54, 1.807) is 0 Å². The predicted molar refractivity (Wildman–Crippen MR) is 85.0 cm³/mol. The maximum Gasteiger partial charge on any atom is 0.330 e. The quantitative estimate of drug-likeness (QED) is 0.509. The van der Waals surface area contributed by atoms with Crippen LogP contribution in [0.1, 0.15) is 12.6 Å². The first-order valence-corrected chi connectivity index (χ1v) is 7.45. The molecular weight excluding hydrogens is 334 g/mol. The van der Waals surface area contributed by atoms with E-state index >= 15 is 0 Å². The average molecular weight is 349 g/mol. The summed E-state index contributed by atoms with van der Waals surface area (Å²) in [6.45, 7) is -0.398. The number of aromatic nitrogens is 2. The van der Waals surface area contributed by atoms with Gasteiger partial charge in [0, 0.05) is 24.8 Å². The van der Waals surface area contributed by atoms with Gasteiger partial charge in [-0.2, -0.15) is 0 Å². The fourth-order valence-corrected chi connectivity index (χ4v) is 2.72. The van der Waals surface area contributed by atoms with Crippen molar-refractivity contribution in [2.45, 2.75) is 24.9 Å². The number of benzene rings is 1. The van der Waals surface area contributed by atoms with Gasteiger partial charge in [-0.05, 0) is 17.7 Å². The third-order valence-electron chi connectivity index (χ3n) is 4.05. The van der Waals surface area contributed by atoms with Crippen LogP contribution in [0.2, 0.25) is 0 Å². The summed E-state index contributed by atoms with van der Waals surface area (Å²) in [6.07, 6.45) is -1.23. The molecule has 1 fully saturated rings. The van der Waals surface area contributed by atoms with Gasteiger partial charge in [-0.1, -0.05) is 0 Å². The molecule has 2 aromatic rings. The normalized spacial score (nSPS) is 22.9. The maximum absolute atomic E-state index is 12.1. The van der Waals surface area contributed by atoms with Crippen molar-refractivity contribution in [1.29, 1.82) is 0 Å². The first-order chi connectivity index (χ1) is 11.9. The molecule has 0 radical (unpaired) electrons. The number of hydrogen-bond acceptors (Lipinski definition) is 7. The Balaban J connectivity index is 2.00. The van der Waals surface area contributed by atoms with Gasteiger partial charge < -0.3 is 14.9 Å². The molecule has 0 unspecified atom stereocenters. The number of nitrogens with one attached hydrogen (secondary N) is 1. The Morgan fingerprint density at radius 3 is 2.56 bits per heavy atom. The summed E-state index contributed by atoms with van der Waals surface area (Å²) in [4.78, 5) is 36.4. The highest BCUT2D eigenvalue weighted by Crippen LogP contribution is 2.28. The van der Waals surface area contributed by atoms with Gasteiger partial charge in [0.25, 0.3) is 11.2 Å². The lowest BCUT2D eigenvalue weighted by molar-refractivity contribution is -0.384. The number of rotatable bonds is 4. The maximum atomic E-state index is 12.1. The first-order valence-electron chi connectivity index (χ1n) is 7.45. The molecule has 0 spiro atoms. The third-order valence-corrected chi connectivity index (χ3v) is 4.05. The molecular formula is C15H15N3O7. The van der Waals surface area contributed by atoms with Crippen LogP contribution in [0.15, 0.2) is 40.1 Å². The smallest absolute Gasteiger partial charge is 0.330 e.